The first-order valence-electron chi connectivity index (χ1n) is 5.26. The monoisotopic (exact) mass is 247 g/mol. The van der Waals surface area contributed by atoms with Crippen LogP contribution < -0.4 is 5.73 Å². The molecule has 0 saturated heterocycles. The second-order valence-corrected chi connectivity index (χ2v) is 4.43. The summed E-state index contributed by atoms with van der Waals surface area (Å²) in [6.45, 7) is 2.54. The van der Waals surface area contributed by atoms with E-state index in [2.05, 4.69) is 19.9 Å². The lowest BCUT2D eigenvalue weighted by Crippen LogP contribution is -2.03. The second kappa shape index (κ2) is 5.70. The highest BCUT2D eigenvalue weighted by atomic mass is 32.2. The van der Waals surface area contributed by atoms with Crippen molar-refractivity contribution in [1.29, 1.82) is 0 Å². The lowest BCUT2D eigenvalue weighted by Gasteiger charge is -2.01. The highest BCUT2D eigenvalue weighted by Gasteiger charge is 2.03. The smallest absolute Gasteiger partial charge is 0.195 e. The van der Waals surface area contributed by atoms with Crippen molar-refractivity contribution in [3.63, 3.8) is 0 Å². The molecule has 5 nitrogen and oxygen atoms in total. The standard InChI is InChI=1S/C11H13N5S/c1-8-3-5-13-11(16-8)17-10-14-6-9(2-4-12)7-15-10/h3,5-7H,2,4,12H2,1H3. The fourth-order valence-corrected chi connectivity index (χ4v) is 1.93. The van der Waals surface area contributed by atoms with E-state index >= 15 is 0 Å². The van der Waals surface area contributed by atoms with Crippen molar-refractivity contribution in [2.45, 2.75) is 23.7 Å². The first-order valence-corrected chi connectivity index (χ1v) is 6.08. The van der Waals surface area contributed by atoms with Gasteiger partial charge in [-0.2, -0.15) is 0 Å². The van der Waals surface area contributed by atoms with Gasteiger partial charge in [0, 0.05) is 24.3 Å². The first-order chi connectivity index (χ1) is 8.28. The third kappa shape index (κ3) is 3.47. The Labute approximate surface area is 104 Å². The Morgan fingerprint density at radius 3 is 2.59 bits per heavy atom. The molecular weight excluding hydrogens is 234 g/mol. The Morgan fingerprint density at radius 1 is 1.18 bits per heavy atom. The Balaban J connectivity index is 2.08. The highest BCUT2D eigenvalue weighted by molar-refractivity contribution is 7.99. The maximum atomic E-state index is 5.46. The van der Waals surface area contributed by atoms with Crippen LogP contribution in [0.25, 0.3) is 0 Å². The van der Waals surface area contributed by atoms with Crippen LogP contribution in [0.1, 0.15) is 11.3 Å². The van der Waals surface area contributed by atoms with E-state index in [1.54, 1.807) is 18.6 Å². The van der Waals surface area contributed by atoms with Gasteiger partial charge in [-0.1, -0.05) is 0 Å². The van der Waals surface area contributed by atoms with E-state index < -0.39 is 0 Å². The minimum absolute atomic E-state index is 0.608. The summed E-state index contributed by atoms with van der Waals surface area (Å²) in [5.41, 5.74) is 7.43. The summed E-state index contributed by atoms with van der Waals surface area (Å²) < 4.78 is 0. The van der Waals surface area contributed by atoms with Gasteiger partial charge in [0.1, 0.15) is 0 Å². The summed E-state index contributed by atoms with van der Waals surface area (Å²) in [5, 5.41) is 1.31. The van der Waals surface area contributed by atoms with E-state index in [0.717, 1.165) is 17.7 Å². The molecule has 0 unspecified atom stereocenters. The lowest BCUT2D eigenvalue weighted by molar-refractivity contribution is 0.877. The van der Waals surface area contributed by atoms with Crippen molar-refractivity contribution in [1.82, 2.24) is 19.9 Å². The molecule has 17 heavy (non-hydrogen) atoms. The van der Waals surface area contributed by atoms with Gasteiger partial charge in [0.15, 0.2) is 10.3 Å². The average molecular weight is 247 g/mol. The van der Waals surface area contributed by atoms with Gasteiger partial charge >= 0.3 is 0 Å². The molecule has 2 aromatic heterocycles. The van der Waals surface area contributed by atoms with Crippen molar-refractivity contribution in [3.05, 3.63) is 35.9 Å². The maximum absolute atomic E-state index is 5.46. The summed E-state index contributed by atoms with van der Waals surface area (Å²) in [4.78, 5) is 16.9. The zero-order valence-corrected chi connectivity index (χ0v) is 10.3. The van der Waals surface area contributed by atoms with E-state index in [9.17, 15) is 0 Å². The van der Waals surface area contributed by atoms with Crippen LogP contribution in [0, 0.1) is 6.92 Å². The molecule has 0 amide bonds. The van der Waals surface area contributed by atoms with E-state index in [1.807, 2.05) is 13.0 Å². The van der Waals surface area contributed by atoms with Crippen molar-refractivity contribution in [2.75, 3.05) is 6.54 Å². The van der Waals surface area contributed by atoms with Gasteiger partial charge < -0.3 is 5.73 Å². The molecule has 2 rings (SSSR count). The number of nitrogens with two attached hydrogens (primary N) is 1. The lowest BCUT2D eigenvalue weighted by atomic mass is 10.2. The van der Waals surface area contributed by atoms with Crippen molar-refractivity contribution >= 4 is 11.8 Å². The summed E-state index contributed by atoms with van der Waals surface area (Å²) in [6.07, 6.45) is 6.11. The summed E-state index contributed by atoms with van der Waals surface area (Å²) in [6, 6.07) is 1.86. The molecule has 88 valence electrons. The molecular formula is C11H13N5S. The van der Waals surface area contributed by atoms with Crippen LogP contribution in [0.2, 0.25) is 0 Å². The Bertz CT molecular complexity index is 485. The van der Waals surface area contributed by atoms with Crippen LogP contribution in [0.3, 0.4) is 0 Å². The maximum Gasteiger partial charge on any atom is 0.195 e. The van der Waals surface area contributed by atoms with Crippen molar-refractivity contribution < 1.29 is 0 Å². The zero-order chi connectivity index (χ0) is 12.1. The van der Waals surface area contributed by atoms with Gasteiger partial charge in [-0.15, -0.1) is 0 Å². The van der Waals surface area contributed by atoms with E-state index in [0.29, 0.717) is 16.9 Å². The number of rotatable bonds is 4. The second-order valence-electron chi connectivity index (χ2n) is 3.50. The molecule has 0 bridgehead atoms. The SMILES string of the molecule is Cc1ccnc(Sc2ncc(CCN)cn2)n1. The van der Waals surface area contributed by atoms with Crippen LogP contribution >= 0.6 is 11.8 Å². The molecule has 0 saturated carbocycles. The molecule has 0 aliphatic rings. The van der Waals surface area contributed by atoms with Gasteiger partial charge in [-0.3, -0.25) is 0 Å². The van der Waals surface area contributed by atoms with E-state index in [1.165, 1.54) is 11.8 Å². The molecule has 0 fully saturated rings. The minimum Gasteiger partial charge on any atom is -0.330 e. The zero-order valence-electron chi connectivity index (χ0n) is 9.50. The quantitative estimate of drug-likeness (QED) is 0.819. The largest absolute Gasteiger partial charge is 0.330 e. The molecule has 2 N–H and O–H groups in total. The minimum atomic E-state index is 0.608. The molecule has 0 radical (unpaired) electrons. The number of aryl methyl sites for hydroxylation is 1. The van der Waals surface area contributed by atoms with Gasteiger partial charge in [0.05, 0.1) is 0 Å². The molecule has 0 atom stereocenters. The van der Waals surface area contributed by atoms with Crippen LogP contribution in [-0.2, 0) is 6.42 Å². The topological polar surface area (TPSA) is 77.6 Å². The summed E-state index contributed by atoms with van der Waals surface area (Å²) in [7, 11) is 0. The van der Waals surface area contributed by atoms with Crippen LogP contribution in [0.15, 0.2) is 35.0 Å². The van der Waals surface area contributed by atoms with Gasteiger partial charge in [0.2, 0.25) is 0 Å². The number of hydrogen-bond donors (Lipinski definition) is 1. The third-order valence-electron chi connectivity index (χ3n) is 2.07. The fraction of sp³-hybridized carbons (Fsp3) is 0.273. The molecule has 2 heterocycles. The van der Waals surface area contributed by atoms with Crippen LogP contribution in [0.5, 0.6) is 0 Å². The normalized spacial score (nSPS) is 10.5. The predicted molar refractivity (Wildman–Crippen MR) is 65.7 cm³/mol. The fourth-order valence-electron chi connectivity index (χ4n) is 1.25. The van der Waals surface area contributed by atoms with E-state index in [4.69, 9.17) is 5.73 Å². The Morgan fingerprint density at radius 2 is 1.94 bits per heavy atom. The number of hydrogen-bond acceptors (Lipinski definition) is 6. The van der Waals surface area contributed by atoms with Gasteiger partial charge in [0.25, 0.3) is 0 Å². The number of nitrogens with zero attached hydrogens (tertiary/aromatic N) is 4. The van der Waals surface area contributed by atoms with Crippen molar-refractivity contribution in [3.8, 4) is 0 Å². The predicted octanol–water partition coefficient (Wildman–Crippen LogP) is 1.23. The van der Waals surface area contributed by atoms with E-state index in [-0.39, 0.29) is 0 Å². The molecule has 0 aromatic carbocycles. The average Bonchev–Trinajstić information content (AvgIpc) is 2.32. The Hall–Kier alpha value is -1.53. The van der Waals surface area contributed by atoms with Crippen LogP contribution in [-0.4, -0.2) is 26.5 Å². The number of aromatic nitrogens is 4. The first kappa shape index (κ1) is 11.9. The molecule has 2 aromatic rings. The summed E-state index contributed by atoms with van der Waals surface area (Å²) in [5.74, 6) is 0. The Kier molecular flexibility index (Phi) is 4.00. The molecule has 6 heteroatoms. The highest BCUT2D eigenvalue weighted by Crippen LogP contribution is 2.19. The molecule has 0 spiro atoms. The van der Waals surface area contributed by atoms with Crippen LogP contribution in [0.4, 0.5) is 0 Å². The summed E-state index contributed by atoms with van der Waals surface area (Å²) >= 11 is 1.35. The molecule has 0 aliphatic heterocycles. The molecule has 0 aliphatic carbocycles. The third-order valence-corrected chi connectivity index (χ3v) is 2.84. The van der Waals surface area contributed by atoms with Gasteiger partial charge in [-0.25, -0.2) is 19.9 Å². The van der Waals surface area contributed by atoms with Crippen molar-refractivity contribution in [2.24, 2.45) is 5.73 Å². The van der Waals surface area contributed by atoms with Gasteiger partial charge in [-0.05, 0) is 43.3 Å².